The molecular formula is C7H11F3N2. The molecule has 0 radical (unpaired) electrons. The molecule has 0 atom stereocenters. The van der Waals surface area contributed by atoms with E-state index in [4.69, 9.17) is 0 Å². The maximum absolute atomic E-state index is 12.2. The molecule has 0 rings (SSSR count). The molecule has 0 aromatic heterocycles. The summed E-state index contributed by atoms with van der Waals surface area (Å²) in [5.74, 6) is 0. The zero-order valence-corrected chi connectivity index (χ0v) is 7.16. The molecule has 0 aromatic carbocycles. The summed E-state index contributed by atoms with van der Waals surface area (Å²) in [5, 5.41) is 2.42. The molecule has 0 saturated carbocycles. The van der Waals surface area contributed by atoms with Gasteiger partial charge in [-0.3, -0.25) is 4.99 Å². The summed E-state index contributed by atoms with van der Waals surface area (Å²) >= 11 is 0. The fourth-order valence-corrected chi connectivity index (χ4v) is 0.646. The van der Waals surface area contributed by atoms with Gasteiger partial charge < -0.3 is 5.32 Å². The Morgan fingerprint density at radius 2 is 1.92 bits per heavy atom. The lowest BCUT2D eigenvalue weighted by molar-refractivity contribution is -0.0865. The van der Waals surface area contributed by atoms with Crippen molar-refractivity contribution < 1.29 is 13.2 Å². The number of halogens is 3. The molecule has 0 heterocycles. The first-order chi connectivity index (χ1) is 5.43. The van der Waals surface area contributed by atoms with Crippen LogP contribution in [0, 0.1) is 0 Å². The van der Waals surface area contributed by atoms with Crippen LogP contribution in [0.3, 0.4) is 0 Å². The van der Waals surface area contributed by atoms with Gasteiger partial charge in [-0.25, -0.2) is 0 Å². The molecule has 2 nitrogen and oxygen atoms in total. The molecule has 0 aliphatic rings. The number of alkyl halides is 3. The highest BCUT2D eigenvalue weighted by Gasteiger charge is 2.33. The van der Waals surface area contributed by atoms with Crippen LogP contribution in [-0.2, 0) is 0 Å². The normalized spacial score (nSPS) is 14.8. The lowest BCUT2D eigenvalue weighted by atomic mass is 10.2. The van der Waals surface area contributed by atoms with E-state index in [1.165, 1.54) is 21.0 Å². The van der Waals surface area contributed by atoms with Crippen LogP contribution in [0.4, 0.5) is 13.2 Å². The van der Waals surface area contributed by atoms with Gasteiger partial charge in [0.15, 0.2) is 0 Å². The first-order valence-corrected chi connectivity index (χ1v) is 3.31. The van der Waals surface area contributed by atoms with Gasteiger partial charge in [0, 0.05) is 26.0 Å². The number of rotatable bonds is 2. The van der Waals surface area contributed by atoms with Gasteiger partial charge in [-0.15, -0.1) is 0 Å². The van der Waals surface area contributed by atoms with E-state index in [-0.39, 0.29) is 5.70 Å². The van der Waals surface area contributed by atoms with Crippen molar-refractivity contribution in [2.24, 2.45) is 4.99 Å². The molecule has 1 N–H and O–H groups in total. The van der Waals surface area contributed by atoms with E-state index >= 15 is 0 Å². The molecular weight excluding hydrogens is 169 g/mol. The Labute approximate surface area is 69.2 Å². The first kappa shape index (κ1) is 11.0. The highest BCUT2D eigenvalue weighted by atomic mass is 19.4. The van der Waals surface area contributed by atoms with Gasteiger partial charge in [-0.1, -0.05) is 0 Å². The van der Waals surface area contributed by atoms with Gasteiger partial charge in [-0.2, -0.15) is 13.2 Å². The number of nitrogens with zero attached hydrogens (tertiary/aromatic N) is 1. The lowest BCUT2D eigenvalue weighted by Crippen LogP contribution is -2.19. The van der Waals surface area contributed by atoms with Gasteiger partial charge in [-0.05, 0) is 6.92 Å². The average Bonchev–Trinajstić information content (AvgIpc) is 1.96. The second-order valence-corrected chi connectivity index (χ2v) is 2.17. The van der Waals surface area contributed by atoms with Crippen molar-refractivity contribution in [1.82, 2.24) is 5.32 Å². The molecule has 5 heteroatoms. The predicted octanol–water partition coefficient (Wildman–Crippen LogP) is 1.74. The maximum Gasteiger partial charge on any atom is 0.419 e. The van der Waals surface area contributed by atoms with Crippen molar-refractivity contribution in [3.63, 3.8) is 0 Å². The lowest BCUT2D eigenvalue weighted by Gasteiger charge is -2.10. The third-order valence-electron chi connectivity index (χ3n) is 1.34. The predicted molar refractivity (Wildman–Crippen MR) is 42.2 cm³/mol. The average molecular weight is 180 g/mol. The van der Waals surface area contributed by atoms with E-state index in [2.05, 4.69) is 10.3 Å². The van der Waals surface area contributed by atoms with Gasteiger partial charge in [0.2, 0.25) is 0 Å². The Bertz CT molecular complexity index is 203. The fraction of sp³-hybridized carbons (Fsp3) is 0.571. The van der Waals surface area contributed by atoms with E-state index in [0.717, 1.165) is 6.21 Å². The summed E-state index contributed by atoms with van der Waals surface area (Å²) in [6.07, 6.45) is -3.54. The monoisotopic (exact) mass is 180 g/mol. The summed E-state index contributed by atoms with van der Waals surface area (Å²) in [5.41, 5.74) is -0.680. The van der Waals surface area contributed by atoms with Crippen molar-refractivity contribution in [1.29, 1.82) is 0 Å². The van der Waals surface area contributed by atoms with Crippen LogP contribution in [0.1, 0.15) is 6.92 Å². The molecule has 0 fully saturated rings. The maximum atomic E-state index is 12.2. The third-order valence-corrected chi connectivity index (χ3v) is 1.34. The molecule has 0 spiro atoms. The Hall–Kier alpha value is -1.00. The Kier molecular flexibility index (Phi) is 3.79. The number of hydrogen-bond acceptors (Lipinski definition) is 2. The SMILES string of the molecule is CN=C/C(=C(\C)NC)C(F)(F)F. The fourth-order valence-electron chi connectivity index (χ4n) is 0.646. The van der Waals surface area contributed by atoms with Crippen molar-refractivity contribution in [2.75, 3.05) is 14.1 Å². The summed E-state index contributed by atoms with van der Waals surface area (Å²) < 4.78 is 36.5. The van der Waals surface area contributed by atoms with Gasteiger partial charge in [0.05, 0.1) is 5.57 Å². The van der Waals surface area contributed by atoms with E-state index in [9.17, 15) is 13.2 Å². The summed E-state index contributed by atoms with van der Waals surface area (Å²) in [6, 6.07) is 0. The molecule has 0 amide bonds. The molecule has 12 heavy (non-hydrogen) atoms. The van der Waals surface area contributed by atoms with Crippen LogP contribution < -0.4 is 5.32 Å². The van der Waals surface area contributed by atoms with Crippen molar-refractivity contribution in [3.05, 3.63) is 11.3 Å². The van der Waals surface area contributed by atoms with Crippen molar-refractivity contribution >= 4 is 6.21 Å². The standard InChI is InChI=1S/C7H11F3N2/c1-5(12-3)6(4-11-2)7(8,9)10/h4,12H,1-3H3/b6-5-,11-4?. The Balaban J connectivity index is 4.92. The zero-order valence-electron chi connectivity index (χ0n) is 7.16. The largest absolute Gasteiger partial charge is 0.419 e. The van der Waals surface area contributed by atoms with Crippen molar-refractivity contribution in [3.8, 4) is 0 Å². The molecule has 0 saturated heterocycles. The summed E-state index contributed by atoms with van der Waals surface area (Å²) in [6.45, 7) is 1.35. The van der Waals surface area contributed by atoms with E-state index < -0.39 is 11.7 Å². The second kappa shape index (κ2) is 4.13. The molecule has 0 aromatic rings. The minimum absolute atomic E-state index is 0.0631. The Morgan fingerprint density at radius 1 is 1.42 bits per heavy atom. The molecule has 0 unspecified atom stereocenters. The minimum atomic E-state index is -4.34. The second-order valence-electron chi connectivity index (χ2n) is 2.17. The highest BCUT2D eigenvalue weighted by Crippen LogP contribution is 2.25. The third kappa shape index (κ3) is 2.94. The number of aliphatic imine (C=N–C) groups is 1. The molecule has 0 aliphatic heterocycles. The zero-order chi connectivity index (χ0) is 9.78. The molecule has 0 bridgehead atoms. The topological polar surface area (TPSA) is 24.4 Å². The van der Waals surface area contributed by atoms with Crippen LogP contribution in [-0.4, -0.2) is 26.5 Å². The molecule has 70 valence electrons. The minimum Gasteiger partial charge on any atom is -0.391 e. The first-order valence-electron chi connectivity index (χ1n) is 3.31. The number of hydrogen-bond donors (Lipinski definition) is 1. The number of allylic oxidation sites excluding steroid dienone is 2. The van der Waals surface area contributed by atoms with Gasteiger partial charge in [0.25, 0.3) is 0 Å². The van der Waals surface area contributed by atoms with Crippen LogP contribution in [0.15, 0.2) is 16.3 Å². The van der Waals surface area contributed by atoms with Crippen LogP contribution >= 0.6 is 0 Å². The van der Waals surface area contributed by atoms with Crippen LogP contribution in [0.25, 0.3) is 0 Å². The van der Waals surface area contributed by atoms with E-state index in [1.54, 1.807) is 0 Å². The van der Waals surface area contributed by atoms with Gasteiger partial charge in [0.1, 0.15) is 0 Å². The smallest absolute Gasteiger partial charge is 0.391 e. The Morgan fingerprint density at radius 3 is 2.17 bits per heavy atom. The van der Waals surface area contributed by atoms with Gasteiger partial charge >= 0.3 is 6.18 Å². The van der Waals surface area contributed by atoms with E-state index in [0.29, 0.717) is 0 Å². The molecule has 0 aliphatic carbocycles. The van der Waals surface area contributed by atoms with Crippen LogP contribution in [0.5, 0.6) is 0 Å². The quantitative estimate of drug-likeness (QED) is 0.643. The van der Waals surface area contributed by atoms with Crippen LogP contribution in [0.2, 0.25) is 0 Å². The van der Waals surface area contributed by atoms with Crippen molar-refractivity contribution in [2.45, 2.75) is 13.1 Å². The number of nitrogens with one attached hydrogen (secondary N) is 1. The summed E-state index contributed by atoms with van der Waals surface area (Å²) in [7, 11) is 2.74. The van der Waals surface area contributed by atoms with E-state index in [1.807, 2.05) is 0 Å². The summed E-state index contributed by atoms with van der Waals surface area (Å²) in [4.78, 5) is 3.33. The highest BCUT2D eigenvalue weighted by molar-refractivity contribution is 5.81.